The van der Waals surface area contributed by atoms with E-state index < -0.39 is 0 Å². The number of amides is 1. The molecule has 1 rings (SSSR count). The van der Waals surface area contributed by atoms with Gasteiger partial charge in [-0.2, -0.15) is 5.26 Å². The van der Waals surface area contributed by atoms with E-state index in [1.165, 1.54) is 12.8 Å². The van der Waals surface area contributed by atoms with Crippen LogP contribution in [0.25, 0.3) is 0 Å². The van der Waals surface area contributed by atoms with Crippen LogP contribution in [0.15, 0.2) is 0 Å². The van der Waals surface area contributed by atoms with E-state index in [-0.39, 0.29) is 12.3 Å². The van der Waals surface area contributed by atoms with Crippen molar-refractivity contribution < 1.29 is 4.79 Å². The summed E-state index contributed by atoms with van der Waals surface area (Å²) in [6, 6.07) is 1.81. The molecule has 0 aromatic carbocycles. The molecule has 1 aliphatic rings. The first-order valence-electron chi connectivity index (χ1n) is 3.96. The van der Waals surface area contributed by atoms with Gasteiger partial charge >= 0.3 is 0 Å². The van der Waals surface area contributed by atoms with E-state index in [2.05, 4.69) is 5.32 Å². The van der Waals surface area contributed by atoms with Crippen LogP contribution in [-0.2, 0) is 4.79 Å². The Balaban J connectivity index is 1.93. The van der Waals surface area contributed by atoms with Crippen LogP contribution >= 0.6 is 0 Å². The quantitative estimate of drug-likeness (QED) is 0.648. The highest BCUT2D eigenvalue weighted by Gasteiger charge is 2.20. The van der Waals surface area contributed by atoms with Crippen molar-refractivity contribution in [2.24, 2.45) is 5.92 Å². The molecule has 1 amide bonds. The number of carbonyl (C=O) groups excluding carboxylic acids is 1. The van der Waals surface area contributed by atoms with E-state index in [9.17, 15) is 4.79 Å². The highest BCUT2D eigenvalue weighted by atomic mass is 16.1. The second-order valence-corrected chi connectivity index (χ2v) is 2.92. The number of hydrogen-bond donors (Lipinski definition) is 1. The highest BCUT2D eigenvalue weighted by Crippen LogP contribution is 2.31. The Morgan fingerprint density at radius 1 is 1.64 bits per heavy atom. The van der Waals surface area contributed by atoms with Crippen molar-refractivity contribution in [2.75, 3.05) is 6.54 Å². The Morgan fingerprint density at radius 2 is 2.36 bits per heavy atom. The first-order chi connectivity index (χ1) is 5.33. The van der Waals surface area contributed by atoms with Crippen molar-refractivity contribution in [3.05, 3.63) is 0 Å². The molecule has 0 aliphatic heterocycles. The molecule has 60 valence electrons. The van der Waals surface area contributed by atoms with Crippen molar-refractivity contribution in [1.29, 1.82) is 5.26 Å². The molecule has 0 radical (unpaired) electrons. The largest absolute Gasteiger partial charge is 0.355 e. The summed E-state index contributed by atoms with van der Waals surface area (Å²) in [5.74, 6) is 0.700. The predicted molar refractivity (Wildman–Crippen MR) is 40.6 cm³/mol. The van der Waals surface area contributed by atoms with E-state index in [0.717, 1.165) is 18.9 Å². The lowest BCUT2D eigenvalue weighted by Gasteiger charge is -1.99. The van der Waals surface area contributed by atoms with E-state index >= 15 is 0 Å². The molecule has 0 bridgehead atoms. The smallest absolute Gasteiger partial charge is 0.234 e. The van der Waals surface area contributed by atoms with E-state index in [4.69, 9.17) is 5.26 Å². The normalized spacial score (nSPS) is 15.5. The third-order valence-corrected chi connectivity index (χ3v) is 1.81. The topological polar surface area (TPSA) is 52.9 Å². The molecule has 1 aliphatic carbocycles. The minimum absolute atomic E-state index is 0.00926. The standard InChI is InChI=1S/C8H12N2O/c9-5-3-8(11)10-6-4-7-1-2-7/h7H,1-4,6H2,(H,10,11). The molecule has 1 saturated carbocycles. The van der Waals surface area contributed by atoms with Crippen LogP contribution in [0.4, 0.5) is 0 Å². The van der Waals surface area contributed by atoms with Crippen LogP contribution in [0.3, 0.4) is 0 Å². The van der Waals surface area contributed by atoms with Gasteiger partial charge in [0.2, 0.25) is 5.91 Å². The molecule has 0 heterocycles. The maximum absolute atomic E-state index is 10.7. The fraction of sp³-hybridized carbons (Fsp3) is 0.750. The van der Waals surface area contributed by atoms with Gasteiger partial charge in [-0.25, -0.2) is 0 Å². The van der Waals surface area contributed by atoms with Gasteiger partial charge in [0.25, 0.3) is 0 Å². The van der Waals surface area contributed by atoms with Crippen LogP contribution in [-0.4, -0.2) is 12.5 Å². The molecule has 0 aromatic rings. The lowest BCUT2D eigenvalue weighted by Crippen LogP contribution is -2.23. The number of nitrogens with one attached hydrogen (secondary N) is 1. The van der Waals surface area contributed by atoms with E-state index in [0.29, 0.717) is 0 Å². The van der Waals surface area contributed by atoms with Crippen LogP contribution < -0.4 is 5.32 Å². The second kappa shape index (κ2) is 3.97. The van der Waals surface area contributed by atoms with Crippen molar-refractivity contribution >= 4 is 5.91 Å². The van der Waals surface area contributed by atoms with Gasteiger partial charge in [0, 0.05) is 6.54 Å². The van der Waals surface area contributed by atoms with Crippen LogP contribution in [0.2, 0.25) is 0 Å². The van der Waals surface area contributed by atoms with Crippen LogP contribution in [0.5, 0.6) is 0 Å². The molecule has 1 N–H and O–H groups in total. The van der Waals surface area contributed by atoms with Gasteiger partial charge in [0.05, 0.1) is 6.07 Å². The van der Waals surface area contributed by atoms with Gasteiger partial charge in [-0.1, -0.05) is 12.8 Å². The third-order valence-electron chi connectivity index (χ3n) is 1.81. The number of nitrogens with zero attached hydrogens (tertiary/aromatic N) is 1. The Bertz CT molecular complexity index is 179. The molecule has 11 heavy (non-hydrogen) atoms. The van der Waals surface area contributed by atoms with Gasteiger partial charge in [-0.3, -0.25) is 4.79 Å². The first-order valence-corrected chi connectivity index (χ1v) is 3.96. The minimum Gasteiger partial charge on any atom is -0.355 e. The zero-order chi connectivity index (χ0) is 8.10. The molecular formula is C8H12N2O. The van der Waals surface area contributed by atoms with E-state index in [1.54, 1.807) is 0 Å². The van der Waals surface area contributed by atoms with E-state index in [1.807, 2.05) is 6.07 Å². The van der Waals surface area contributed by atoms with Gasteiger partial charge < -0.3 is 5.32 Å². The molecule has 0 spiro atoms. The second-order valence-electron chi connectivity index (χ2n) is 2.92. The van der Waals surface area contributed by atoms with Gasteiger partial charge in [0.1, 0.15) is 6.42 Å². The van der Waals surface area contributed by atoms with Gasteiger partial charge in [0.15, 0.2) is 0 Å². The van der Waals surface area contributed by atoms with Crippen LogP contribution in [0.1, 0.15) is 25.7 Å². The summed E-state index contributed by atoms with van der Waals surface area (Å²) in [6.07, 6.45) is 3.70. The van der Waals surface area contributed by atoms with Crippen molar-refractivity contribution in [1.82, 2.24) is 5.32 Å². The molecule has 0 atom stereocenters. The molecule has 0 saturated heterocycles. The Morgan fingerprint density at radius 3 is 2.91 bits per heavy atom. The Hall–Kier alpha value is -1.04. The summed E-state index contributed by atoms with van der Waals surface area (Å²) >= 11 is 0. The van der Waals surface area contributed by atoms with Gasteiger partial charge in [-0.15, -0.1) is 0 Å². The Labute approximate surface area is 66.4 Å². The number of carbonyl (C=O) groups is 1. The minimum atomic E-state index is -0.145. The average Bonchev–Trinajstić information content (AvgIpc) is 2.72. The molecule has 1 fully saturated rings. The number of nitriles is 1. The summed E-state index contributed by atoms with van der Waals surface area (Å²) in [6.45, 7) is 0.741. The Kier molecular flexibility index (Phi) is 2.91. The summed E-state index contributed by atoms with van der Waals surface area (Å²) in [5.41, 5.74) is 0. The monoisotopic (exact) mass is 152 g/mol. The summed E-state index contributed by atoms with van der Waals surface area (Å²) in [4.78, 5) is 10.7. The molecule has 3 heteroatoms. The number of hydrogen-bond acceptors (Lipinski definition) is 2. The zero-order valence-electron chi connectivity index (χ0n) is 6.47. The first kappa shape index (κ1) is 8.06. The maximum atomic E-state index is 10.7. The summed E-state index contributed by atoms with van der Waals surface area (Å²) in [5, 5.41) is 10.8. The SMILES string of the molecule is N#CCC(=O)NCCC1CC1. The highest BCUT2D eigenvalue weighted by molar-refractivity contribution is 5.77. The lowest BCUT2D eigenvalue weighted by molar-refractivity contribution is -0.120. The number of rotatable bonds is 4. The maximum Gasteiger partial charge on any atom is 0.234 e. The van der Waals surface area contributed by atoms with Crippen molar-refractivity contribution in [3.63, 3.8) is 0 Å². The van der Waals surface area contributed by atoms with Crippen LogP contribution in [0, 0.1) is 17.2 Å². The molecular weight excluding hydrogens is 140 g/mol. The zero-order valence-corrected chi connectivity index (χ0v) is 6.47. The fourth-order valence-corrected chi connectivity index (χ4v) is 0.957. The van der Waals surface area contributed by atoms with Gasteiger partial charge in [-0.05, 0) is 12.3 Å². The molecule has 0 unspecified atom stereocenters. The average molecular weight is 152 g/mol. The summed E-state index contributed by atoms with van der Waals surface area (Å²) < 4.78 is 0. The van der Waals surface area contributed by atoms with Crippen molar-refractivity contribution in [3.8, 4) is 6.07 Å². The molecule has 0 aromatic heterocycles. The fourth-order valence-electron chi connectivity index (χ4n) is 0.957. The van der Waals surface area contributed by atoms with Crippen molar-refractivity contribution in [2.45, 2.75) is 25.7 Å². The predicted octanol–water partition coefficient (Wildman–Crippen LogP) is 0.816. The summed E-state index contributed by atoms with van der Waals surface area (Å²) in [7, 11) is 0. The third kappa shape index (κ3) is 3.61. The lowest BCUT2D eigenvalue weighted by atomic mass is 10.3. The molecule has 3 nitrogen and oxygen atoms in total.